The lowest BCUT2D eigenvalue weighted by Gasteiger charge is -1.96. The van der Waals surface area contributed by atoms with Crippen LogP contribution in [0, 0.1) is 13.8 Å². The van der Waals surface area contributed by atoms with E-state index >= 15 is 0 Å². The van der Waals surface area contributed by atoms with Gasteiger partial charge in [-0.25, -0.2) is 0 Å². The first-order valence-corrected chi connectivity index (χ1v) is 3.35. The van der Waals surface area contributed by atoms with Gasteiger partial charge >= 0.3 is 0 Å². The summed E-state index contributed by atoms with van der Waals surface area (Å²) in [6, 6.07) is 3.82. The van der Waals surface area contributed by atoms with Crippen LogP contribution in [0.2, 0.25) is 0 Å². The van der Waals surface area contributed by atoms with Gasteiger partial charge < -0.3 is 5.21 Å². The van der Waals surface area contributed by atoms with Crippen LogP contribution in [0.15, 0.2) is 17.3 Å². The van der Waals surface area contributed by atoms with Gasteiger partial charge in [0.25, 0.3) is 0 Å². The SMILES string of the molecule is Cc1cc(C)nc(/C=N/O)c1. The largest absolute Gasteiger partial charge is 0.411 e. The Kier molecular flexibility index (Phi) is 2.21. The lowest BCUT2D eigenvalue weighted by atomic mass is 10.2. The van der Waals surface area contributed by atoms with Crippen molar-refractivity contribution in [2.75, 3.05) is 0 Å². The Labute approximate surface area is 65.4 Å². The molecule has 0 saturated heterocycles. The van der Waals surface area contributed by atoms with Gasteiger partial charge in [-0.2, -0.15) is 0 Å². The fourth-order valence-corrected chi connectivity index (χ4v) is 0.998. The molecule has 0 fully saturated rings. The minimum Gasteiger partial charge on any atom is -0.411 e. The lowest BCUT2D eigenvalue weighted by molar-refractivity contribution is 0.321. The quantitative estimate of drug-likeness (QED) is 0.374. The van der Waals surface area contributed by atoms with Gasteiger partial charge in [-0.05, 0) is 31.5 Å². The van der Waals surface area contributed by atoms with Gasteiger partial charge in [-0.15, -0.1) is 0 Å². The van der Waals surface area contributed by atoms with Crippen molar-refractivity contribution < 1.29 is 5.21 Å². The molecule has 0 spiro atoms. The molecule has 1 rings (SSSR count). The molecule has 1 aromatic heterocycles. The number of aromatic nitrogens is 1. The normalized spacial score (nSPS) is 10.7. The number of hydrogen-bond acceptors (Lipinski definition) is 3. The molecule has 1 aromatic rings. The van der Waals surface area contributed by atoms with Crippen LogP contribution in [0.5, 0.6) is 0 Å². The van der Waals surface area contributed by atoms with Gasteiger partial charge in [0.15, 0.2) is 0 Å². The van der Waals surface area contributed by atoms with Crippen LogP contribution >= 0.6 is 0 Å². The van der Waals surface area contributed by atoms with E-state index in [2.05, 4.69) is 10.1 Å². The minimum atomic E-state index is 0.685. The molecular weight excluding hydrogens is 140 g/mol. The Hall–Kier alpha value is -1.38. The van der Waals surface area contributed by atoms with E-state index in [4.69, 9.17) is 5.21 Å². The number of pyridine rings is 1. The molecule has 58 valence electrons. The summed E-state index contributed by atoms with van der Waals surface area (Å²) >= 11 is 0. The summed E-state index contributed by atoms with van der Waals surface area (Å²) in [6.45, 7) is 3.88. The summed E-state index contributed by atoms with van der Waals surface area (Å²) in [6.07, 6.45) is 1.32. The smallest absolute Gasteiger partial charge is 0.0918 e. The Morgan fingerprint density at radius 3 is 2.73 bits per heavy atom. The Balaban J connectivity index is 3.08. The van der Waals surface area contributed by atoms with E-state index in [1.165, 1.54) is 6.21 Å². The molecule has 0 unspecified atom stereocenters. The topological polar surface area (TPSA) is 45.5 Å². The van der Waals surface area contributed by atoms with E-state index in [-0.39, 0.29) is 0 Å². The molecule has 0 amide bonds. The second kappa shape index (κ2) is 3.14. The number of aryl methyl sites for hydroxylation is 2. The van der Waals surface area contributed by atoms with Crippen molar-refractivity contribution in [2.45, 2.75) is 13.8 Å². The monoisotopic (exact) mass is 150 g/mol. The first-order chi connectivity index (χ1) is 5.22. The summed E-state index contributed by atoms with van der Waals surface area (Å²) in [4.78, 5) is 4.11. The number of rotatable bonds is 1. The molecular formula is C8H10N2O. The van der Waals surface area contributed by atoms with Crippen LogP contribution in [-0.2, 0) is 0 Å². The first-order valence-electron chi connectivity index (χ1n) is 3.35. The van der Waals surface area contributed by atoms with Crippen molar-refractivity contribution in [1.29, 1.82) is 0 Å². The highest BCUT2D eigenvalue weighted by molar-refractivity contribution is 5.76. The molecule has 0 saturated carbocycles. The molecule has 3 nitrogen and oxygen atoms in total. The minimum absolute atomic E-state index is 0.685. The molecule has 0 bridgehead atoms. The molecule has 0 aliphatic carbocycles. The van der Waals surface area contributed by atoms with Gasteiger partial charge in [0.1, 0.15) is 0 Å². The van der Waals surface area contributed by atoms with Gasteiger partial charge in [0, 0.05) is 5.69 Å². The van der Waals surface area contributed by atoms with E-state index in [1.54, 1.807) is 0 Å². The van der Waals surface area contributed by atoms with Crippen molar-refractivity contribution in [3.05, 3.63) is 29.1 Å². The highest BCUT2D eigenvalue weighted by atomic mass is 16.4. The average Bonchev–Trinajstić information content (AvgIpc) is 1.85. The molecule has 3 heteroatoms. The van der Waals surface area contributed by atoms with Gasteiger partial charge in [-0.1, -0.05) is 5.16 Å². The lowest BCUT2D eigenvalue weighted by Crippen LogP contribution is -1.91. The predicted octanol–water partition coefficient (Wildman–Crippen LogP) is 1.51. The summed E-state index contributed by atoms with van der Waals surface area (Å²) in [5, 5.41) is 11.1. The van der Waals surface area contributed by atoms with Crippen molar-refractivity contribution in [3.63, 3.8) is 0 Å². The third-order valence-electron chi connectivity index (χ3n) is 1.31. The van der Waals surface area contributed by atoms with Gasteiger partial charge in [-0.3, -0.25) is 4.98 Å². The third-order valence-corrected chi connectivity index (χ3v) is 1.31. The molecule has 0 radical (unpaired) electrons. The fraction of sp³-hybridized carbons (Fsp3) is 0.250. The summed E-state index contributed by atoms with van der Waals surface area (Å²) in [7, 11) is 0. The third kappa shape index (κ3) is 2.04. The number of oxime groups is 1. The molecule has 0 aliphatic heterocycles. The molecule has 0 aliphatic rings. The van der Waals surface area contributed by atoms with E-state index in [0.717, 1.165) is 11.3 Å². The Morgan fingerprint density at radius 1 is 1.45 bits per heavy atom. The summed E-state index contributed by atoms with van der Waals surface area (Å²) in [5.41, 5.74) is 2.73. The maximum absolute atomic E-state index is 8.23. The van der Waals surface area contributed by atoms with E-state index in [9.17, 15) is 0 Å². The van der Waals surface area contributed by atoms with Crippen LogP contribution < -0.4 is 0 Å². The maximum Gasteiger partial charge on any atom is 0.0918 e. The van der Waals surface area contributed by atoms with Crippen LogP contribution in [0.25, 0.3) is 0 Å². The van der Waals surface area contributed by atoms with E-state index in [1.807, 2.05) is 26.0 Å². The number of hydrogen-bond donors (Lipinski definition) is 1. The molecule has 11 heavy (non-hydrogen) atoms. The second-order valence-electron chi connectivity index (χ2n) is 2.46. The van der Waals surface area contributed by atoms with Crippen molar-refractivity contribution >= 4 is 6.21 Å². The molecule has 1 N–H and O–H groups in total. The zero-order valence-electron chi connectivity index (χ0n) is 6.57. The average molecular weight is 150 g/mol. The van der Waals surface area contributed by atoms with Crippen LogP contribution in [0.3, 0.4) is 0 Å². The van der Waals surface area contributed by atoms with E-state index < -0.39 is 0 Å². The zero-order valence-corrected chi connectivity index (χ0v) is 6.57. The predicted molar refractivity (Wildman–Crippen MR) is 43.1 cm³/mol. The second-order valence-corrected chi connectivity index (χ2v) is 2.46. The highest BCUT2D eigenvalue weighted by Crippen LogP contribution is 2.01. The summed E-state index contributed by atoms with van der Waals surface area (Å²) in [5.74, 6) is 0. The number of nitrogens with zero attached hydrogens (tertiary/aromatic N) is 2. The van der Waals surface area contributed by atoms with Gasteiger partial charge in [0.05, 0.1) is 11.9 Å². The van der Waals surface area contributed by atoms with Gasteiger partial charge in [0.2, 0.25) is 0 Å². The summed E-state index contributed by atoms with van der Waals surface area (Å²) < 4.78 is 0. The Morgan fingerprint density at radius 2 is 2.18 bits per heavy atom. The first kappa shape index (κ1) is 7.72. The zero-order chi connectivity index (χ0) is 8.27. The van der Waals surface area contributed by atoms with Crippen molar-refractivity contribution in [3.8, 4) is 0 Å². The fourth-order valence-electron chi connectivity index (χ4n) is 0.998. The highest BCUT2D eigenvalue weighted by Gasteiger charge is 1.92. The van der Waals surface area contributed by atoms with Crippen molar-refractivity contribution in [1.82, 2.24) is 4.98 Å². The van der Waals surface area contributed by atoms with Crippen molar-refractivity contribution in [2.24, 2.45) is 5.16 Å². The van der Waals surface area contributed by atoms with Crippen LogP contribution in [-0.4, -0.2) is 16.4 Å². The van der Waals surface area contributed by atoms with Crippen LogP contribution in [0.4, 0.5) is 0 Å². The standard InChI is InChI=1S/C8H10N2O/c1-6-3-7(2)10-8(4-6)5-9-11/h3-5,11H,1-2H3/b9-5+. The van der Waals surface area contributed by atoms with E-state index in [0.29, 0.717) is 5.69 Å². The van der Waals surface area contributed by atoms with Crippen LogP contribution in [0.1, 0.15) is 17.0 Å². The molecule has 0 aromatic carbocycles. The Bertz CT molecular complexity index is 261. The maximum atomic E-state index is 8.23. The molecule has 1 heterocycles. The molecule has 0 atom stereocenters.